The van der Waals surface area contributed by atoms with E-state index in [1.54, 1.807) is 9.80 Å². The molecule has 6 aliphatic rings. The van der Waals surface area contributed by atoms with Crippen LogP contribution in [0.1, 0.15) is 118 Å². The highest BCUT2D eigenvalue weighted by Crippen LogP contribution is 2.60. The number of H-pyrrole nitrogens is 2. The number of aromatic nitrogens is 4. The molecule has 4 bridgehead atoms. The normalized spacial score (nSPS) is 22.3. The van der Waals surface area contributed by atoms with E-state index in [2.05, 4.69) is 100 Å². The van der Waals surface area contributed by atoms with Gasteiger partial charge in [0.25, 0.3) is 0 Å². The minimum atomic E-state index is -0.867. The molecular formula is C53H56N10O6. The molecule has 4 heterocycles. The number of carbonyl (C=O) groups is 4. The van der Waals surface area contributed by atoms with Crippen LogP contribution in [0.3, 0.4) is 0 Å². The molecule has 354 valence electrons. The van der Waals surface area contributed by atoms with E-state index < -0.39 is 24.3 Å². The number of allylic oxidation sites excluding steroid dienone is 4. The zero-order chi connectivity index (χ0) is 48.0. The number of amides is 4. The van der Waals surface area contributed by atoms with E-state index in [0.717, 1.165) is 79.0 Å². The number of likely N-dealkylation sites (tertiary alicyclic amines) is 2. The monoisotopic (exact) mass is 928 g/mol. The lowest BCUT2D eigenvalue weighted by atomic mass is 9.51. The third-order valence-corrected chi connectivity index (χ3v) is 15.3. The number of alkyl carbamates (subject to hydrolysis) is 2. The molecule has 4 N–H and O–H groups in total. The number of methoxy groups -OCH3 is 2. The largest absolute Gasteiger partial charge is 0.453 e. The number of benzene rings is 3. The van der Waals surface area contributed by atoms with Crippen LogP contribution < -0.4 is 10.6 Å². The Morgan fingerprint density at radius 3 is 1.91 bits per heavy atom. The van der Waals surface area contributed by atoms with Gasteiger partial charge in [-0.25, -0.2) is 19.6 Å². The van der Waals surface area contributed by atoms with E-state index in [0.29, 0.717) is 30.7 Å². The smallest absolute Gasteiger partial charge is 0.407 e. The molecule has 3 aromatic carbocycles. The first kappa shape index (κ1) is 45.3. The summed E-state index contributed by atoms with van der Waals surface area (Å²) in [6, 6.07) is 21.7. The van der Waals surface area contributed by atoms with Crippen molar-refractivity contribution in [1.82, 2.24) is 40.4 Å². The maximum atomic E-state index is 13.8. The van der Waals surface area contributed by atoms with Crippen LogP contribution in [0.25, 0.3) is 38.8 Å². The summed E-state index contributed by atoms with van der Waals surface area (Å²) in [7, 11) is 2.51. The molecule has 4 aliphatic carbocycles. The number of imidazole rings is 2. The van der Waals surface area contributed by atoms with Crippen LogP contribution in [-0.2, 0) is 30.9 Å². The van der Waals surface area contributed by atoms with Gasteiger partial charge in [-0.15, -0.1) is 0 Å². The van der Waals surface area contributed by atoms with Gasteiger partial charge in [0.05, 0.1) is 60.5 Å². The number of carbonyl (C=O) groups excluding carboxylic acids is 4. The van der Waals surface area contributed by atoms with Gasteiger partial charge in [0.2, 0.25) is 11.8 Å². The molecule has 1 saturated carbocycles. The Hall–Kier alpha value is -7.46. The van der Waals surface area contributed by atoms with E-state index in [9.17, 15) is 29.7 Å². The van der Waals surface area contributed by atoms with Crippen molar-refractivity contribution in [2.24, 2.45) is 5.92 Å². The van der Waals surface area contributed by atoms with E-state index in [1.165, 1.54) is 53.2 Å². The average Bonchev–Trinajstić information content (AvgIpc) is 4.20. The number of aryl methyl sites for hydroxylation is 1. The SMILES string of the molecule is COC(=O)N[C@@H](CCC#N)C(=O)N1CCC[C@H]1c1nc2ccc(C3=C4C=C5[C@H](C3)CC5(C)c3ccc(cc3-c3ccc5nc([C@@H]6CCCN6C(=O)[C@H](CCC#N)NC(=O)OC)[nH]c5c3)CC4)cc2[nH]1. The number of aromatic amines is 2. The topological polar surface area (TPSA) is 222 Å². The third-order valence-electron chi connectivity index (χ3n) is 15.3. The molecule has 6 atom stereocenters. The van der Waals surface area contributed by atoms with Gasteiger partial charge < -0.3 is 39.9 Å². The van der Waals surface area contributed by atoms with Crippen molar-refractivity contribution in [2.75, 3.05) is 27.3 Å². The molecule has 2 aliphatic heterocycles. The summed E-state index contributed by atoms with van der Waals surface area (Å²) in [4.78, 5) is 72.5. The van der Waals surface area contributed by atoms with E-state index in [-0.39, 0.29) is 55.0 Å². The van der Waals surface area contributed by atoms with Crippen molar-refractivity contribution in [2.45, 2.75) is 114 Å². The number of hydrogen-bond donors (Lipinski definition) is 4. The number of rotatable bonds is 12. The predicted molar refractivity (Wildman–Crippen MR) is 257 cm³/mol. The molecule has 0 spiro atoms. The lowest BCUT2D eigenvalue weighted by Gasteiger charge is -2.52. The number of fused-ring (bicyclic) bond motifs is 5. The Morgan fingerprint density at radius 2 is 1.35 bits per heavy atom. The fourth-order valence-electron chi connectivity index (χ4n) is 11.8. The zero-order valence-electron chi connectivity index (χ0n) is 39.2. The van der Waals surface area contributed by atoms with Crippen LogP contribution in [0.5, 0.6) is 0 Å². The Kier molecular flexibility index (Phi) is 12.2. The van der Waals surface area contributed by atoms with Gasteiger partial charge in [-0.3, -0.25) is 9.59 Å². The number of hydrogen-bond acceptors (Lipinski definition) is 10. The van der Waals surface area contributed by atoms with E-state index in [1.807, 2.05) is 0 Å². The Balaban J connectivity index is 0.904. The number of ether oxygens (including phenoxy) is 2. The fourth-order valence-corrected chi connectivity index (χ4v) is 11.8. The van der Waals surface area contributed by atoms with Gasteiger partial charge in [-0.1, -0.05) is 48.9 Å². The first-order valence-electron chi connectivity index (χ1n) is 24.1. The fraction of sp³-hybridized carbons (Fsp3) is 0.434. The molecule has 5 aromatic rings. The Morgan fingerprint density at radius 1 is 0.783 bits per heavy atom. The van der Waals surface area contributed by atoms with Crippen molar-refractivity contribution in [3.05, 3.63) is 100 Å². The molecule has 0 radical (unpaired) electrons. The van der Waals surface area contributed by atoms with Crippen LogP contribution >= 0.6 is 0 Å². The quantitative estimate of drug-likeness (QED) is 0.0934. The highest BCUT2D eigenvalue weighted by atomic mass is 16.5. The maximum absolute atomic E-state index is 13.8. The molecule has 2 aromatic heterocycles. The van der Waals surface area contributed by atoms with Gasteiger partial charge in [0, 0.05) is 31.3 Å². The summed E-state index contributed by atoms with van der Waals surface area (Å²) >= 11 is 0. The Bertz CT molecular complexity index is 3050. The number of nitriles is 2. The van der Waals surface area contributed by atoms with Crippen molar-refractivity contribution in [1.29, 1.82) is 10.5 Å². The maximum Gasteiger partial charge on any atom is 0.407 e. The lowest BCUT2D eigenvalue weighted by Crippen LogP contribution is -2.48. The molecule has 3 fully saturated rings. The summed E-state index contributed by atoms with van der Waals surface area (Å²) in [5.74, 6) is 1.35. The molecule has 16 nitrogen and oxygen atoms in total. The van der Waals surface area contributed by atoms with E-state index >= 15 is 0 Å². The van der Waals surface area contributed by atoms with Gasteiger partial charge >= 0.3 is 12.2 Å². The summed E-state index contributed by atoms with van der Waals surface area (Å²) in [6.07, 6.45) is 8.53. The summed E-state index contributed by atoms with van der Waals surface area (Å²) in [5.41, 5.74) is 13.6. The van der Waals surface area contributed by atoms with Crippen molar-refractivity contribution in [3.63, 3.8) is 0 Å². The first-order valence-corrected chi connectivity index (χ1v) is 24.1. The number of nitrogens with one attached hydrogen (secondary N) is 4. The molecule has 2 saturated heterocycles. The van der Waals surface area contributed by atoms with Crippen LogP contribution in [0, 0.1) is 28.6 Å². The predicted octanol–water partition coefficient (Wildman–Crippen LogP) is 8.50. The van der Waals surface area contributed by atoms with Gasteiger partial charge in [-0.05, 0) is 133 Å². The minimum absolute atomic E-state index is 0.124. The molecule has 69 heavy (non-hydrogen) atoms. The first-order chi connectivity index (χ1) is 33.5. The molecular weight excluding hydrogens is 873 g/mol. The summed E-state index contributed by atoms with van der Waals surface area (Å²) in [5, 5.41) is 23.7. The number of nitrogens with zero attached hydrogens (tertiary/aromatic N) is 6. The van der Waals surface area contributed by atoms with Crippen molar-refractivity contribution >= 4 is 51.6 Å². The highest BCUT2D eigenvalue weighted by molar-refractivity contribution is 5.89. The van der Waals surface area contributed by atoms with Crippen molar-refractivity contribution < 1.29 is 28.7 Å². The van der Waals surface area contributed by atoms with E-state index in [4.69, 9.17) is 19.4 Å². The average molecular weight is 929 g/mol. The van der Waals surface area contributed by atoms with Crippen LogP contribution in [0.4, 0.5) is 9.59 Å². The summed E-state index contributed by atoms with van der Waals surface area (Å²) in [6.45, 7) is 3.45. The van der Waals surface area contributed by atoms with Crippen molar-refractivity contribution in [3.8, 4) is 23.3 Å². The molecule has 4 amide bonds. The minimum Gasteiger partial charge on any atom is -0.453 e. The highest BCUT2D eigenvalue weighted by Gasteiger charge is 2.50. The van der Waals surface area contributed by atoms with Crippen LogP contribution in [0.15, 0.2) is 71.8 Å². The standard InChI is InChI=1S/C53H56N10O6/c1-53-29-34-25-35(32-15-18-39-43(27-32)58-47(56-39)45-10-6-22-62(45)49(64)41(8-4-20-54)60-51(66)68-2)31(26-38(34)53)14-12-30-13-17-37(53)36(24-30)33-16-19-40-44(28-33)59-48(57-40)46-11-7-23-63(46)50(65)42(9-5-21-55)61-52(67)69-3/h13,15-19,24,26-28,34,41-42,45-46H,4-12,14,22-23,25,29H2,1-3H3,(H,56,58)(H,57,59)(H,60,66)(H,61,67)/t34-,41+,42+,45+,46+,53?/m1/s1. The zero-order valence-corrected chi connectivity index (χ0v) is 39.2. The molecule has 11 rings (SSSR count). The second-order valence-electron chi connectivity index (χ2n) is 19.3. The van der Waals surface area contributed by atoms with Crippen LogP contribution in [-0.4, -0.2) is 93.1 Å². The Labute approximate surface area is 400 Å². The van der Waals surface area contributed by atoms with Gasteiger partial charge in [-0.2, -0.15) is 10.5 Å². The summed E-state index contributed by atoms with van der Waals surface area (Å²) < 4.78 is 9.55. The second kappa shape index (κ2) is 18.6. The van der Waals surface area contributed by atoms with Crippen LogP contribution in [0.2, 0.25) is 0 Å². The molecule has 16 heteroatoms. The molecule has 1 unspecified atom stereocenters. The van der Waals surface area contributed by atoms with Gasteiger partial charge in [0.15, 0.2) is 0 Å². The lowest BCUT2D eigenvalue weighted by molar-refractivity contribution is -0.135. The third kappa shape index (κ3) is 8.36. The van der Waals surface area contributed by atoms with Gasteiger partial charge in [0.1, 0.15) is 23.7 Å². The second-order valence-corrected chi connectivity index (χ2v) is 19.3.